The van der Waals surface area contributed by atoms with E-state index in [1.165, 1.54) is 6.20 Å². The predicted octanol–water partition coefficient (Wildman–Crippen LogP) is 2.75. The first-order valence-electron chi connectivity index (χ1n) is 4.44. The summed E-state index contributed by atoms with van der Waals surface area (Å²) in [6.07, 6.45) is 1.26. The van der Waals surface area contributed by atoms with Gasteiger partial charge in [0.15, 0.2) is 11.6 Å². The average Bonchev–Trinajstić information content (AvgIpc) is 2.20. The summed E-state index contributed by atoms with van der Waals surface area (Å²) in [4.78, 5) is 3.57. The fraction of sp³-hybridized carbons (Fsp3) is 0. The van der Waals surface area contributed by atoms with Gasteiger partial charge in [-0.05, 0) is 23.8 Å². The van der Waals surface area contributed by atoms with Crippen molar-refractivity contribution in [1.82, 2.24) is 4.98 Å². The standard InChI is InChI=1S/C11H7F3N2/c12-8-1-6(2-9(13)4-8)7-3-10(14)11(15)16-5-7/h1-5H,(H2,15,16). The molecule has 0 bridgehead atoms. The molecule has 0 unspecified atom stereocenters. The maximum absolute atomic E-state index is 13.1. The first-order valence-corrected chi connectivity index (χ1v) is 4.44. The number of anilines is 1. The van der Waals surface area contributed by atoms with Crippen LogP contribution in [0, 0.1) is 17.5 Å². The van der Waals surface area contributed by atoms with E-state index < -0.39 is 17.5 Å². The highest BCUT2D eigenvalue weighted by Gasteiger charge is 2.06. The van der Waals surface area contributed by atoms with Crippen molar-refractivity contribution < 1.29 is 13.2 Å². The van der Waals surface area contributed by atoms with Gasteiger partial charge in [-0.2, -0.15) is 0 Å². The van der Waals surface area contributed by atoms with Crippen LogP contribution in [0.1, 0.15) is 0 Å². The van der Waals surface area contributed by atoms with Gasteiger partial charge in [0, 0.05) is 17.8 Å². The molecule has 0 radical (unpaired) electrons. The van der Waals surface area contributed by atoms with E-state index in [0.717, 1.165) is 24.3 Å². The van der Waals surface area contributed by atoms with Gasteiger partial charge in [-0.3, -0.25) is 0 Å². The van der Waals surface area contributed by atoms with Crippen LogP contribution in [0.5, 0.6) is 0 Å². The molecule has 16 heavy (non-hydrogen) atoms. The molecule has 0 aliphatic heterocycles. The molecule has 1 heterocycles. The number of rotatable bonds is 1. The molecule has 82 valence electrons. The lowest BCUT2D eigenvalue weighted by atomic mass is 10.1. The third kappa shape index (κ3) is 1.98. The Hall–Kier alpha value is -2.04. The molecule has 5 heteroatoms. The summed E-state index contributed by atoms with van der Waals surface area (Å²) in [6.45, 7) is 0. The van der Waals surface area contributed by atoms with Crippen molar-refractivity contribution >= 4 is 5.82 Å². The highest BCUT2D eigenvalue weighted by atomic mass is 19.1. The minimum atomic E-state index is -0.729. The number of nitrogens with zero attached hydrogens (tertiary/aromatic N) is 1. The van der Waals surface area contributed by atoms with Crippen molar-refractivity contribution in [2.75, 3.05) is 5.73 Å². The van der Waals surface area contributed by atoms with Crippen LogP contribution in [-0.4, -0.2) is 4.98 Å². The summed E-state index contributed by atoms with van der Waals surface area (Å²) in [7, 11) is 0. The van der Waals surface area contributed by atoms with E-state index in [1.54, 1.807) is 0 Å². The molecule has 2 rings (SSSR count). The van der Waals surface area contributed by atoms with Crippen molar-refractivity contribution in [3.05, 3.63) is 47.9 Å². The van der Waals surface area contributed by atoms with Crippen molar-refractivity contribution in [2.24, 2.45) is 0 Å². The Morgan fingerprint density at radius 2 is 1.50 bits per heavy atom. The SMILES string of the molecule is Nc1ncc(-c2cc(F)cc(F)c2)cc1F. The van der Waals surface area contributed by atoms with Gasteiger partial charge in [0.25, 0.3) is 0 Å². The fourth-order valence-corrected chi connectivity index (χ4v) is 1.33. The lowest BCUT2D eigenvalue weighted by molar-refractivity contribution is 0.584. The maximum Gasteiger partial charge on any atom is 0.165 e. The van der Waals surface area contributed by atoms with Crippen LogP contribution < -0.4 is 5.73 Å². The summed E-state index contributed by atoms with van der Waals surface area (Å²) in [5.74, 6) is -2.43. The minimum absolute atomic E-state index is 0.212. The van der Waals surface area contributed by atoms with Gasteiger partial charge < -0.3 is 5.73 Å². The summed E-state index contributed by atoms with van der Waals surface area (Å²) in [5.41, 5.74) is 5.67. The quantitative estimate of drug-likeness (QED) is 0.808. The zero-order valence-electron chi connectivity index (χ0n) is 8.05. The summed E-state index contributed by atoms with van der Waals surface area (Å²) >= 11 is 0. The molecule has 0 aliphatic rings. The van der Waals surface area contributed by atoms with Crippen LogP contribution >= 0.6 is 0 Å². The molecule has 1 aromatic heterocycles. The van der Waals surface area contributed by atoms with E-state index in [4.69, 9.17) is 5.73 Å². The molecule has 0 fully saturated rings. The topological polar surface area (TPSA) is 38.9 Å². The number of hydrogen-bond acceptors (Lipinski definition) is 2. The van der Waals surface area contributed by atoms with E-state index in [2.05, 4.69) is 4.98 Å². The molecule has 0 atom stereocenters. The van der Waals surface area contributed by atoms with Gasteiger partial charge in [-0.1, -0.05) is 0 Å². The lowest BCUT2D eigenvalue weighted by Gasteiger charge is -2.03. The maximum atomic E-state index is 13.1. The first kappa shape index (κ1) is 10.5. The monoisotopic (exact) mass is 224 g/mol. The number of nitrogens with two attached hydrogens (primary N) is 1. The number of hydrogen-bond donors (Lipinski definition) is 1. The first-order chi connectivity index (χ1) is 7.56. The Morgan fingerprint density at radius 3 is 2.06 bits per heavy atom. The number of nitrogen functional groups attached to an aromatic ring is 1. The number of halogens is 3. The number of aromatic nitrogens is 1. The Morgan fingerprint density at radius 1 is 0.875 bits per heavy atom. The third-order valence-corrected chi connectivity index (χ3v) is 2.07. The Bertz CT molecular complexity index is 520. The summed E-state index contributed by atoms with van der Waals surface area (Å²) in [5, 5.41) is 0. The van der Waals surface area contributed by atoms with Crippen molar-refractivity contribution in [3.63, 3.8) is 0 Å². The van der Waals surface area contributed by atoms with Crippen LogP contribution in [0.15, 0.2) is 30.5 Å². The van der Waals surface area contributed by atoms with E-state index in [-0.39, 0.29) is 16.9 Å². The molecular formula is C11H7F3N2. The Kier molecular flexibility index (Phi) is 2.52. The van der Waals surface area contributed by atoms with E-state index in [0.29, 0.717) is 0 Å². The van der Waals surface area contributed by atoms with E-state index in [1.807, 2.05) is 0 Å². The van der Waals surface area contributed by atoms with Crippen LogP contribution in [-0.2, 0) is 0 Å². The highest BCUT2D eigenvalue weighted by Crippen LogP contribution is 2.22. The molecule has 2 aromatic rings. The summed E-state index contributed by atoms with van der Waals surface area (Å²) in [6, 6.07) is 4.01. The van der Waals surface area contributed by atoms with Crippen molar-refractivity contribution in [1.29, 1.82) is 0 Å². The lowest BCUT2D eigenvalue weighted by Crippen LogP contribution is -1.95. The van der Waals surface area contributed by atoms with Gasteiger partial charge in [-0.15, -0.1) is 0 Å². The Balaban J connectivity index is 2.54. The average molecular weight is 224 g/mol. The number of benzene rings is 1. The minimum Gasteiger partial charge on any atom is -0.381 e. The molecule has 0 saturated heterocycles. The van der Waals surface area contributed by atoms with Gasteiger partial charge >= 0.3 is 0 Å². The van der Waals surface area contributed by atoms with Crippen LogP contribution in [0.2, 0.25) is 0 Å². The van der Waals surface area contributed by atoms with Gasteiger partial charge in [0.1, 0.15) is 11.6 Å². The van der Waals surface area contributed by atoms with Crippen molar-refractivity contribution in [2.45, 2.75) is 0 Å². The normalized spacial score (nSPS) is 10.4. The van der Waals surface area contributed by atoms with Gasteiger partial charge in [-0.25, -0.2) is 18.2 Å². The van der Waals surface area contributed by atoms with Crippen LogP contribution in [0.25, 0.3) is 11.1 Å². The second-order valence-corrected chi connectivity index (χ2v) is 3.25. The third-order valence-electron chi connectivity index (χ3n) is 2.07. The molecule has 0 amide bonds. The number of pyridine rings is 1. The Labute approximate surface area is 89.5 Å². The van der Waals surface area contributed by atoms with E-state index in [9.17, 15) is 13.2 Å². The molecule has 0 aliphatic carbocycles. The van der Waals surface area contributed by atoms with Gasteiger partial charge in [0.2, 0.25) is 0 Å². The van der Waals surface area contributed by atoms with Crippen LogP contribution in [0.4, 0.5) is 19.0 Å². The summed E-state index contributed by atoms with van der Waals surface area (Å²) < 4.78 is 38.9. The van der Waals surface area contributed by atoms with Crippen molar-refractivity contribution in [3.8, 4) is 11.1 Å². The predicted molar refractivity (Wildman–Crippen MR) is 54.0 cm³/mol. The van der Waals surface area contributed by atoms with Gasteiger partial charge in [0.05, 0.1) is 0 Å². The second kappa shape index (κ2) is 3.84. The largest absolute Gasteiger partial charge is 0.381 e. The molecule has 2 N–H and O–H groups in total. The molecule has 0 spiro atoms. The fourth-order valence-electron chi connectivity index (χ4n) is 1.33. The smallest absolute Gasteiger partial charge is 0.165 e. The van der Waals surface area contributed by atoms with E-state index >= 15 is 0 Å². The highest BCUT2D eigenvalue weighted by molar-refractivity contribution is 5.63. The molecule has 1 aromatic carbocycles. The molecular weight excluding hydrogens is 217 g/mol. The molecule has 2 nitrogen and oxygen atoms in total. The zero-order chi connectivity index (χ0) is 11.7. The zero-order valence-corrected chi connectivity index (χ0v) is 8.05. The second-order valence-electron chi connectivity index (χ2n) is 3.25. The molecule has 0 saturated carbocycles. The van der Waals surface area contributed by atoms with Crippen LogP contribution in [0.3, 0.4) is 0 Å².